The second-order valence-electron chi connectivity index (χ2n) is 5.57. The zero-order valence-corrected chi connectivity index (χ0v) is 12.5. The average Bonchev–Trinajstić information content (AvgIpc) is 2.29. The maximum absolute atomic E-state index is 5.77. The molecule has 0 amide bonds. The monoisotopic (exact) mass is 265 g/mol. The standard InChI is InChI=1S/C15H23NOS/c1-11(2)12-6-5-7-13(10-12)17-9-8-15(3,4)14(16)18/h5-7,10-11H,8-9H2,1-4H3,(H2,16,18). The van der Waals surface area contributed by atoms with Gasteiger partial charge in [0.2, 0.25) is 0 Å². The van der Waals surface area contributed by atoms with Crippen molar-refractivity contribution < 1.29 is 4.74 Å². The molecule has 2 N–H and O–H groups in total. The predicted octanol–water partition coefficient (Wildman–Crippen LogP) is 3.89. The Balaban J connectivity index is 2.54. The van der Waals surface area contributed by atoms with Gasteiger partial charge >= 0.3 is 0 Å². The van der Waals surface area contributed by atoms with Gasteiger partial charge in [0.15, 0.2) is 0 Å². The van der Waals surface area contributed by atoms with Crippen molar-refractivity contribution in [3.05, 3.63) is 29.8 Å². The van der Waals surface area contributed by atoms with Crippen LogP contribution in [0.1, 0.15) is 45.6 Å². The van der Waals surface area contributed by atoms with Crippen molar-refractivity contribution in [2.24, 2.45) is 11.1 Å². The molecule has 0 atom stereocenters. The van der Waals surface area contributed by atoms with Crippen molar-refractivity contribution in [1.29, 1.82) is 0 Å². The van der Waals surface area contributed by atoms with Gasteiger partial charge in [0.25, 0.3) is 0 Å². The van der Waals surface area contributed by atoms with Crippen molar-refractivity contribution in [3.8, 4) is 5.75 Å². The number of benzene rings is 1. The summed E-state index contributed by atoms with van der Waals surface area (Å²) >= 11 is 5.04. The Labute approximate surface area is 116 Å². The summed E-state index contributed by atoms with van der Waals surface area (Å²) in [6.45, 7) is 9.07. The molecule has 0 fully saturated rings. The van der Waals surface area contributed by atoms with Crippen LogP contribution in [0.4, 0.5) is 0 Å². The van der Waals surface area contributed by atoms with Crippen LogP contribution >= 0.6 is 12.2 Å². The van der Waals surface area contributed by atoms with Crippen molar-refractivity contribution in [1.82, 2.24) is 0 Å². The minimum Gasteiger partial charge on any atom is -0.494 e. The maximum atomic E-state index is 5.77. The number of hydrogen-bond acceptors (Lipinski definition) is 2. The van der Waals surface area contributed by atoms with E-state index in [2.05, 4.69) is 26.0 Å². The highest BCUT2D eigenvalue weighted by Crippen LogP contribution is 2.23. The van der Waals surface area contributed by atoms with Crippen LogP contribution < -0.4 is 10.5 Å². The van der Waals surface area contributed by atoms with Gasteiger partial charge in [-0.3, -0.25) is 0 Å². The predicted molar refractivity (Wildman–Crippen MR) is 81.2 cm³/mol. The quantitative estimate of drug-likeness (QED) is 0.793. The van der Waals surface area contributed by atoms with Crippen LogP contribution in [0, 0.1) is 5.41 Å². The molecule has 0 radical (unpaired) electrons. The molecule has 1 rings (SSSR count). The molecule has 18 heavy (non-hydrogen) atoms. The van der Waals surface area contributed by atoms with Crippen LogP contribution in [0.25, 0.3) is 0 Å². The molecule has 0 spiro atoms. The molecule has 0 unspecified atom stereocenters. The lowest BCUT2D eigenvalue weighted by Crippen LogP contribution is -2.31. The third-order valence-corrected chi connectivity index (χ3v) is 3.74. The van der Waals surface area contributed by atoms with E-state index in [1.54, 1.807) is 0 Å². The first-order valence-electron chi connectivity index (χ1n) is 6.35. The topological polar surface area (TPSA) is 35.2 Å². The molecule has 0 aliphatic heterocycles. The van der Waals surface area contributed by atoms with Gasteiger partial charge in [0.1, 0.15) is 5.75 Å². The van der Waals surface area contributed by atoms with Crippen LogP contribution in [-0.2, 0) is 0 Å². The molecule has 0 heterocycles. The second-order valence-corrected chi connectivity index (χ2v) is 6.01. The van der Waals surface area contributed by atoms with Crippen LogP contribution in [-0.4, -0.2) is 11.6 Å². The Morgan fingerprint density at radius 2 is 2.06 bits per heavy atom. The fourth-order valence-electron chi connectivity index (χ4n) is 1.51. The van der Waals surface area contributed by atoms with E-state index in [0.29, 0.717) is 17.5 Å². The van der Waals surface area contributed by atoms with E-state index >= 15 is 0 Å². The highest BCUT2D eigenvalue weighted by Gasteiger charge is 2.21. The van der Waals surface area contributed by atoms with E-state index in [0.717, 1.165) is 12.2 Å². The molecule has 0 saturated heterocycles. The Hall–Kier alpha value is -1.09. The van der Waals surface area contributed by atoms with Crippen LogP contribution in [0.15, 0.2) is 24.3 Å². The van der Waals surface area contributed by atoms with E-state index < -0.39 is 0 Å². The summed E-state index contributed by atoms with van der Waals surface area (Å²) in [6, 6.07) is 8.23. The van der Waals surface area contributed by atoms with Crippen LogP contribution in [0.3, 0.4) is 0 Å². The summed E-state index contributed by atoms with van der Waals surface area (Å²) in [5, 5.41) is 0. The summed E-state index contributed by atoms with van der Waals surface area (Å²) in [5.41, 5.74) is 6.83. The molecule has 3 heteroatoms. The van der Waals surface area contributed by atoms with E-state index in [9.17, 15) is 0 Å². The fraction of sp³-hybridized carbons (Fsp3) is 0.533. The smallest absolute Gasteiger partial charge is 0.119 e. The fourth-order valence-corrected chi connectivity index (χ4v) is 1.61. The molecule has 0 aliphatic carbocycles. The van der Waals surface area contributed by atoms with E-state index in [4.69, 9.17) is 22.7 Å². The molecule has 2 nitrogen and oxygen atoms in total. The number of hydrogen-bond donors (Lipinski definition) is 1. The Morgan fingerprint density at radius 3 is 2.61 bits per heavy atom. The van der Waals surface area contributed by atoms with E-state index in [1.165, 1.54) is 5.56 Å². The van der Waals surface area contributed by atoms with Gasteiger partial charge in [0.05, 0.1) is 11.6 Å². The van der Waals surface area contributed by atoms with Crippen molar-refractivity contribution >= 4 is 17.2 Å². The third-order valence-electron chi connectivity index (χ3n) is 3.19. The van der Waals surface area contributed by atoms with Crippen LogP contribution in [0.2, 0.25) is 0 Å². The molecular formula is C15H23NOS. The Kier molecular flexibility index (Phi) is 5.15. The highest BCUT2D eigenvalue weighted by molar-refractivity contribution is 7.80. The van der Waals surface area contributed by atoms with Gasteiger partial charge in [-0.1, -0.05) is 52.0 Å². The Bertz CT molecular complexity index is 413. The molecule has 0 aliphatic rings. The largest absolute Gasteiger partial charge is 0.494 e. The number of ether oxygens (including phenoxy) is 1. The van der Waals surface area contributed by atoms with E-state index in [1.807, 2.05) is 26.0 Å². The Morgan fingerprint density at radius 1 is 1.39 bits per heavy atom. The minimum atomic E-state index is -0.148. The molecule has 0 saturated carbocycles. The number of rotatable bonds is 6. The van der Waals surface area contributed by atoms with Crippen molar-refractivity contribution in [2.45, 2.75) is 40.0 Å². The molecule has 1 aromatic rings. The minimum absolute atomic E-state index is 0.148. The highest BCUT2D eigenvalue weighted by atomic mass is 32.1. The van der Waals surface area contributed by atoms with Gasteiger partial charge < -0.3 is 10.5 Å². The lowest BCUT2D eigenvalue weighted by atomic mass is 9.90. The van der Waals surface area contributed by atoms with Gasteiger partial charge in [-0.05, 0) is 30.0 Å². The molecule has 0 aromatic heterocycles. The van der Waals surface area contributed by atoms with Crippen molar-refractivity contribution in [3.63, 3.8) is 0 Å². The SMILES string of the molecule is CC(C)c1cccc(OCCC(C)(C)C(N)=S)c1. The molecule has 100 valence electrons. The zero-order chi connectivity index (χ0) is 13.8. The molecule has 0 bridgehead atoms. The van der Waals surface area contributed by atoms with Gasteiger partial charge in [0, 0.05) is 5.41 Å². The summed E-state index contributed by atoms with van der Waals surface area (Å²) in [4.78, 5) is 0.544. The lowest BCUT2D eigenvalue weighted by Gasteiger charge is -2.22. The average molecular weight is 265 g/mol. The summed E-state index contributed by atoms with van der Waals surface area (Å²) in [7, 11) is 0. The van der Waals surface area contributed by atoms with Gasteiger partial charge in [-0.25, -0.2) is 0 Å². The first kappa shape index (κ1) is 15.0. The first-order valence-corrected chi connectivity index (χ1v) is 6.76. The van der Waals surface area contributed by atoms with Crippen molar-refractivity contribution in [2.75, 3.05) is 6.61 Å². The van der Waals surface area contributed by atoms with Crippen LogP contribution in [0.5, 0.6) is 5.75 Å². The molecular weight excluding hydrogens is 242 g/mol. The second kappa shape index (κ2) is 6.19. The maximum Gasteiger partial charge on any atom is 0.119 e. The normalized spacial score (nSPS) is 11.6. The van der Waals surface area contributed by atoms with Gasteiger partial charge in [-0.15, -0.1) is 0 Å². The number of nitrogens with two attached hydrogens (primary N) is 1. The number of thiocarbonyl (C=S) groups is 1. The lowest BCUT2D eigenvalue weighted by molar-refractivity contribution is 0.270. The first-order chi connectivity index (χ1) is 8.33. The summed E-state index contributed by atoms with van der Waals surface area (Å²) < 4.78 is 5.77. The zero-order valence-electron chi connectivity index (χ0n) is 11.7. The summed E-state index contributed by atoms with van der Waals surface area (Å²) in [6.07, 6.45) is 0.828. The van der Waals surface area contributed by atoms with E-state index in [-0.39, 0.29) is 5.41 Å². The van der Waals surface area contributed by atoms with Gasteiger partial charge in [-0.2, -0.15) is 0 Å². The molecule has 1 aromatic carbocycles. The third kappa shape index (κ3) is 4.30. The summed E-state index contributed by atoms with van der Waals surface area (Å²) in [5.74, 6) is 1.43.